The van der Waals surface area contributed by atoms with Gasteiger partial charge < -0.3 is 9.84 Å². The summed E-state index contributed by atoms with van der Waals surface area (Å²) in [5.74, 6) is 1.84. The minimum Gasteiger partial charge on any atom is -0.339 e. The maximum absolute atomic E-state index is 5.22. The molecule has 0 radical (unpaired) electrons. The number of nitrogens with one attached hydrogen (secondary N) is 1. The van der Waals surface area contributed by atoms with Gasteiger partial charge in [0.1, 0.15) is 0 Å². The van der Waals surface area contributed by atoms with E-state index in [1.54, 1.807) is 0 Å². The number of piperazine rings is 1. The first kappa shape index (κ1) is 15.4. The lowest BCUT2D eigenvalue weighted by Crippen LogP contribution is -2.53. The van der Waals surface area contributed by atoms with Crippen LogP contribution in [-0.2, 0) is 6.54 Å². The first-order chi connectivity index (χ1) is 8.04. The van der Waals surface area contributed by atoms with E-state index in [1.807, 2.05) is 0 Å². The average molecular weight is 275 g/mol. The Labute approximate surface area is 115 Å². The molecule has 2 rings (SSSR count). The minimum atomic E-state index is 0. The van der Waals surface area contributed by atoms with Crippen LogP contribution in [0.3, 0.4) is 0 Å². The average Bonchev–Trinajstić information content (AvgIpc) is 2.64. The summed E-state index contributed by atoms with van der Waals surface area (Å²) in [5, 5.41) is 7.55. The molecule has 1 aromatic rings. The summed E-state index contributed by atoms with van der Waals surface area (Å²) in [6.07, 6.45) is 0. The van der Waals surface area contributed by atoms with Gasteiger partial charge in [0.2, 0.25) is 5.89 Å². The zero-order valence-electron chi connectivity index (χ0n) is 11.5. The van der Waals surface area contributed by atoms with Gasteiger partial charge in [0.25, 0.3) is 0 Å². The van der Waals surface area contributed by atoms with Gasteiger partial charge in [0.15, 0.2) is 5.82 Å². The Balaban J connectivity index is 0.00000162. The molecular formula is C12H23ClN4O. The molecule has 1 aliphatic heterocycles. The van der Waals surface area contributed by atoms with E-state index in [0.29, 0.717) is 18.0 Å². The smallest absolute Gasteiger partial charge is 0.229 e. The molecule has 1 N–H and O–H groups in total. The molecule has 0 spiro atoms. The molecule has 5 nitrogen and oxygen atoms in total. The molecule has 0 saturated carbocycles. The summed E-state index contributed by atoms with van der Waals surface area (Å²) in [7, 11) is 0. The lowest BCUT2D eigenvalue weighted by atomic mass is 10.1. The van der Waals surface area contributed by atoms with E-state index in [4.69, 9.17) is 4.52 Å². The van der Waals surface area contributed by atoms with E-state index in [9.17, 15) is 0 Å². The van der Waals surface area contributed by atoms with Crippen molar-refractivity contribution in [3.05, 3.63) is 11.7 Å². The molecule has 1 aromatic heterocycles. The number of hydrogen-bond acceptors (Lipinski definition) is 5. The van der Waals surface area contributed by atoms with Crippen LogP contribution in [0.25, 0.3) is 0 Å². The van der Waals surface area contributed by atoms with E-state index < -0.39 is 0 Å². The van der Waals surface area contributed by atoms with Crippen LogP contribution < -0.4 is 5.32 Å². The Kier molecular flexibility index (Phi) is 5.56. The predicted octanol–water partition coefficient (Wildman–Crippen LogP) is 1.80. The second-order valence-electron chi connectivity index (χ2n) is 5.37. The summed E-state index contributed by atoms with van der Waals surface area (Å²) in [6, 6.07) is 1.05. The van der Waals surface area contributed by atoms with Crippen molar-refractivity contribution >= 4 is 12.4 Å². The minimum absolute atomic E-state index is 0. The van der Waals surface area contributed by atoms with Crippen molar-refractivity contribution in [3.8, 4) is 0 Å². The van der Waals surface area contributed by atoms with Crippen molar-refractivity contribution in [2.24, 2.45) is 0 Å². The molecule has 0 aromatic carbocycles. The first-order valence-corrected chi connectivity index (χ1v) is 6.35. The van der Waals surface area contributed by atoms with Gasteiger partial charge >= 0.3 is 0 Å². The third-order valence-corrected chi connectivity index (χ3v) is 2.98. The Morgan fingerprint density at radius 2 is 1.94 bits per heavy atom. The maximum atomic E-state index is 5.22. The summed E-state index contributed by atoms with van der Waals surface area (Å²) >= 11 is 0. The highest BCUT2D eigenvalue weighted by Gasteiger charge is 2.22. The van der Waals surface area contributed by atoms with Gasteiger partial charge in [0, 0.05) is 31.1 Å². The normalized spacial score (nSPS) is 25.2. The lowest BCUT2D eigenvalue weighted by Gasteiger charge is -2.35. The zero-order chi connectivity index (χ0) is 12.4. The van der Waals surface area contributed by atoms with Gasteiger partial charge in [-0.05, 0) is 13.8 Å². The highest BCUT2D eigenvalue weighted by Crippen LogP contribution is 2.13. The van der Waals surface area contributed by atoms with E-state index in [0.717, 1.165) is 31.3 Å². The van der Waals surface area contributed by atoms with Crippen LogP contribution in [0.1, 0.15) is 45.3 Å². The second-order valence-corrected chi connectivity index (χ2v) is 5.37. The number of halogens is 1. The van der Waals surface area contributed by atoms with Gasteiger partial charge in [0.05, 0.1) is 6.54 Å². The molecule has 104 valence electrons. The summed E-state index contributed by atoms with van der Waals surface area (Å²) in [4.78, 5) is 6.79. The Bertz CT molecular complexity index is 359. The molecule has 18 heavy (non-hydrogen) atoms. The fourth-order valence-electron chi connectivity index (χ4n) is 2.34. The van der Waals surface area contributed by atoms with E-state index in [2.05, 4.69) is 48.1 Å². The molecule has 2 unspecified atom stereocenters. The largest absolute Gasteiger partial charge is 0.339 e. The molecule has 0 bridgehead atoms. The van der Waals surface area contributed by atoms with Crippen LogP contribution in [0.5, 0.6) is 0 Å². The summed E-state index contributed by atoms with van der Waals surface area (Å²) in [5.41, 5.74) is 0. The van der Waals surface area contributed by atoms with Crippen molar-refractivity contribution < 1.29 is 4.52 Å². The molecule has 1 aliphatic rings. The molecule has 1 fully saturated rings. The third kappa shape index (κ3) is 3.93. The monoisotopic (exact) mass is 274 g/mol. The third-order valence-electron chi connectivity index (χ3n) is 2.98. The van der Waals surface area contributed by atoms with Crippen molar-refractivity contribution in [2.45, 2.75) is 52.2 Å². The topological polar surface area (TPSA) is 54.2 Å². The van der Waals surface area contributed by atoms with E-state index >= 15 is 0 Å². The zero-order valence-corrected chi connectivity index (χ0v) is 12.3. The number of rotatable bonds is 3. The molecule has 2 atom stereocenters. The number of hydrogen-bond donors (Lipinski definition) is 1. The maximum Gasteiger partial charge on any atom is 0.229 e. The van der Waals surface area contributed by atoms with Crippen molar-refractivity contribution in [2.75, 3.05) is 13.1 Å². The van der Waals surface area contributed by atoms with Crippen LogP contribution in [0, 0.1) is 0 Å². The summed E-state index contributed by atoms with van der Waals surface area (Å²) < 4.78 is 5.22. The Morgan fingerprint density at radius 3 is 2.44 bits per heavy atom. The highest BCUT2D eigenvalue weighted by molar-refractivity contribution is 5.85. The van der Waals surface area contributed by atoms with E-state index in [1.165, 1.54) is 0 Å². The summed E-state index contributed by atoms with van der Waals surface area (Å²) in [6.45, 7) is 11.4. The van der Waals surface area contributed by atoms with Gasteiger partial charge in [-0.2, -0.15) is 4.98 Å². The van der Waals surface area contributed by atoms with Crippen LogP contribution in [0.15, 0.2) is 4.52 Å². The standard InChI is InChI=1S/C12H22N4O.ClH/c1-8(2)12-14-11(15-17-12)7-16-5-9(3)13-10(4)6-16;/h8-10,13H,5-7H2,1-4H3;1H. The van der Waals surface area contributed by atoms with Gasteiger partial charge in [-0.15, -0.1) is 12.4 Å². The molecular weight excluding hydrogens is 252 g/mol. The quantitative estimate of drug-likeness (QED) is 0.911. The molecule has 1 saturated heterocycles. The fourth-order valence-corrected chi connectivity index (χ4v) is 2.34. The van der Waals surface area contributed by atoms with E-state index in [-0.39, 0.29) is 12.4 Å². The molecule has 0 aliphatic carbocycles. The van der Waals surface area contributed by atoms with Crippen LogP contribution in [-0.4, -0.2) is 40.2 Å². The van der Waals surface area contributed by atoms with Crippen LogP contribution in [0.4, 0.5) is 0 Å². The first-order valence-electron chi connectivity index (χ1n) is 6.35. The molecule has 2 heterocycles. The Hall–Kier alpha value is -0.650. The fraction of sp³-hybridized carbons (Fsp3) is 0.833. The van der Waals surface area contributed by atoms with Gasteiger partial charge in [-0.3, -0.25) is 4.90 Å². The van der Waals surface area contributed by atoms with Crippen LogP contribution >= 0.6 is 12.4 Å². The van der Waals surface area contributed by atoms with Crippen molar-refractivity contribution in [1.29, 1.82) is 0 Å². The van der Waals surface area contributed by atoms with Gasteiger partial charge in [-0.1, -0.05) is 19.0 Å². The predicted molar refractivity (Wildman–Crippen MR) is 73.0 cm³/mol. The number of nitrogens with zero attached hydrogens (tertiary/aromatic N) is 3. The van der Waals surface area contributed by atoms with Crippen molar-refractivity contribution in [3.63, 3.8) is 0 Å². The molecule has 0 amide bonds. The SMILES string of the molecule is CC1CN(Cc2noc(C(C)C)n2)CC(C)N1.Cl. The van der Waals surface area contributed by atoms with Gasteiger partial charge in [-0.25, -0.2) is 0 Å². The Morgan fingerprint density at radius 1 is 1.33 bits per heavy atom. The second kappa shape index (κ2) is 6.50. The molecule has 6 heteroatoms. The van der Waals surface area contributed by atoms with Crippen LogP contribution in [0.2, 0.25) is 0 Å². The highest BCUT2D eigenvalue weighted by atomic mass is 35.5. The number of aromatic nitrogens is 2. The van der Waals surface area contributed by atoms with Crippen molar-refractivity contribution in [1.82, 2.24) is 20.4 Å². The lowest BCUT2D eigenvalue weighted by molar-refractivity contribution is 0.161.